The third kappa shape index (κ3) is 4.15. The van der Waals surface area contributed by atoms with Crippen LogP contribution in [-0.2, 0) is 4.74 Å². The molecule has 1 saturated heterocycles. The van der Waals surface area contributed by atoms with Gasteiger partial charge in [0, 0.05) is 19.1 Å². The van der Waals surface area contributed by atoms with E-state index in [-0.39, 0.29) is 6.09 Å². The number of nitrogens with zero attached hydrogens (tertiary/aromatic N) is 2. The first-order valence-corrected chi connectivity index (χ1v) is 6.68. The van der Waals surface area contributed by atoms with Gasteiger partial charge in [-0.05, 0) is 39.7 Å². The van der Waals surface area contributed by atoms with Gasteiger partial charge in [-0.1, -0.05) is 0 Å². The molecule has 1 aliphatic rings. The molecule has 0 aliphatic carbocycles. The molecule has 0 aromatic carbocycles. The summed E-state index contributed by atoms with van der Waals surface area (Å²) in [7, 11) is 0. The highest BCUT2D eigenvalue weighted by atomic mass is 16.6. The zero-order valence-corrected chi connectivity index (χ0v) is 11.8. The van der Waals surface area contributed by atoms with E-state index in [9.17, 15) is 4.79 Å². The molecule has 19 heavy (non-hydrogen) atoms. The second-order valence-corrected chi connectivity index (χ2v) is 5.86. The number of nitrogens with one attached hydrogen (secondary N) is 2. The largest absolute Gasteiger partial charge is 0.444 e. The van der Waals surface area contributed by atoms with Crippen molar-refractivity contribution >= 4 is 11.9 Å². The van der Waals surface area contributed by atoms with Gasteiger partial charge in [0.15, 0.2) is 0 Å². The van der Waals surface area contributed by atoms with E-state index in [0.717, 1.165) is 31.7 Å². The maximum absolute atomic E-state index is 11.9. The highest BCUT2D eigenvalue weighted by Gasteiger charge is 2.26. The zero-order chi connectivity index (χ0) is 13.9. The Hall–Kier alpha value is -1.72. The minimum absolute atomic E-state index is 0.215. The molecule has 0 atom stereocenters. The van der Waals surface area contributed by atoms with Gasteiger partial charge >= 0.3 is 6.09 Å². The van der Waals surface area contributed by atoms with E-state index in [4.69, 9.17) is 4.74 Å². The van der Waals surface area contributed by atoms with Crippen molar-refractivity contribution in [1.82, 2.24) is 15.1 Å². The van der Waals surface area contributed by atoms with Crippen LogP contribution in [0, 0.1) is 0 Å². The fourth-order valence-corrected chi connectivity index (χ4v) is 2.09. The Labute approximate surface area is 113 Å². The van der Waals surface area contributed by atoms with Crippen LogP contribution < -0.4 is 5.32 Å². The number of hydrogen-bond donors (Lipinski definition) is 2. The minimum Gasteiger partial charge on any atom is -0.444 e. The maximum Gasteiger partial charge on any atom is 0.410 e. The molecule has 0 saturated carbocycles. The summed E-state index contributed by atoms with van der Waals surface area (Å²) in [5.74, 6) is 0.927. The Bertz CT molecular complexity index is 403. The highest BCUT2D eigenvalue weighted by Crippen LogP contribution is 2.17. The summed E-state index contributed by atoms with van der Waals surface area (Å²) < 4.78 is 5.37. The van der Waals surface area contributed by atoms with Crippen molar-refractivity contribution in [2.24, 2.45) is 0 Å². The Kier molecular flexibility index (Phi) is 3.97. The number of amides is 1. The van der Waals surface area contributed by atoms with E-state index in [1.165, 1.54) is 0 Å². The standard InChI is InChI=1S/C13H22N4O2/c1-13(2,3)19-12(18)17-8-5-10(6-9-17)15-11-4-7-14-16-11/h4,7,10H,5-6,8-9H2,1-3H3,(H2,14,15,16). The summed E-state index contributed by atoms with van der Waals surface area (Å²) in [6.07, 6.45) is 3.33. The Morgan fingerprint density at radius 1 is 1.47 bits per heavy atom. The van der Waals surface area contributed by atoms with Gasteiger partial charge in [-0.3, -0.25) is 5.10 Å². The highest BCUT2D eigenvalue weighted by molar-refractivity contribution is 5.68. The molecule has 1 amide bonds. The maximum atomic E-state index is 11.9. The lowest BCUT2D eigenvalue weighted by Crippen LogP contribution is -2.44. The molecule has 2 N–H and O–H groups in total. The van der Waals surface area contributed by atoms with Crippen LogP contribution in [0.15, 0.2) is 12.3 Å². The van der Waals surface area contributed by atoms with Crippen molar-refractivity contribution in [3.63, 3.8) is 0 Å². The predicted molar refractivity (Wildman–Crippen MR) is 73.0 cm³/mol. The Balaban J connectivity index is 1.77. The molecular formula is C13H22N4O2. The molecule has 1 aromatic heterocycles. The smallest absolute Gasteiger partial charge is 0.410 e. The van der Waals surface area contributed by atoms with Crippen LogP contribution in [0.2, 0.25) is 0 Å². The molecule has 2 rings (SSSR count). The normalized spacial score (nSPS) is 17.3. The van der Waals surface area contributed by atoms with Gasteiger partial charge in [0.05, 0.1) is 6.20 Å². The molecule has 0 spiro atoms. The van der Waals surface area contributed by atoms with E-state index < -0.39 is 5.60 Å². The number of carbonyl (C=O) groups excluding carboxylic acids is 1. The molecule has 0 radical (unpaired) electrons. The molecule has 0 bridgehead atoms. The van der Waals surface area contributed by atoms with Crippen molar-refractivity contribution < 1.29 is 9.53 Å². The fourth-order valence-electron chi connectivity index (χ4n) is 2.09. The van der Waals surface area contributed by atoms with E-state index in [1.807, 2.05) is 26.8 Å². The van der Waals surface area contributed by atoms with Crippen LogP contribution in [0.4, 0.5) is 10.6 Å². The van der Waals surface area contributed by atoms with Crippen LogP contribution in [-0.4, -0.2) is 45.9 Å². The van der Waals surface area contributed by atoms with Crippen LogP contribution >= 0.6 is 0 Å². The van der Waals surface area contributed by atoms with Gasteiger partial charge < -0.3 is 15.0 Å². The number of aromatic amines is 1. The lowest BCUT2D eigenvalue weighted by molar-refractivity contribution is 0.0210. The topological polar surface area (TPSA) is 70.2 Å². The first-order chi connectivity index (χ1) is 8.94. The summed E-state index contributed by atoms with van der Waals surface area (Å²) >= 11 is 0. The van der Waals surface area contributed by atoms with Gasteiger partial charge in [0.2, 0.25) is 0 Å². The lowest BCUT2D eigenvalue weighted by atomic mass is 10.1. The Morgan fingerprint density at radius 3 is 2.68 bits per heavy atom. The number of likely N-dealkylation sites (tertiary alicyclic amines) is 1. The SMILES string of the molecule is CC(C)(C)OC(=O)N1CCC(Nc2ccn[nH]2)CC1. The summed E-state index contributed by atoms with van der Waals surface area (Å²) in [5, 5.41) is 10.2. The summed E-state index contributed by atoms with van der Waals surface area (Å²) in [6, 6.07) is 2.28. The molecule has 1 aliphatic heterocycles. The second-order valence-electron chi connectivity index (χ2n) is 5.86. The lowest BCUT2D eigenvalue weighted by Gasteiger charge is -2.33. The zero-order valence-electron chi connectivity index (χ0n) is 11.8. The van der Waals surface area contributed by atoms with Gasteiger partial charge in [0.25, 0.3) is 0 Å². The van der Waals surface area contributed by atoms with Gasteiger partial charge in [-0.25, -0.2) is 4.79 Å². The van der Waals surface area contributed by atoms with E-state index >= 15 is 0 Å². The average Bonchev–Trinajstić information content (AvgIpc) is 2.80. The predicted octanol–water partition coefficient (Wildman–Crippen LogP) is 2.22. The minimum atomic E-state index is -0.428. The van der Waals surface area contributed by atoms with Gasteiger partial charge in [0.1, 0.15) is 11.4 Å². The number of rotatable bonds is 2. The van der Waals surface area contributed by atoms with Crippen LogP contribution in [0.5, 0.6) is 0 Å². The van der Waals surface area contributed by atoms with Crippen molar-refractivity contribution in [3.8, 4) is 0 Å². The van der Waals surface area contributed by atoms with E-state index in [2.05, 4.69) is 15.5 Å². The molecule has 6 heteroatoms. The molecule has 6 nitrogen and oxygen atoms in total. The summed E-state index contributed by atoms with van der Waals surface area (Å²) in [4.78, 5) is 13.7. The second kappa shape index (κ2) is 5.50. The first kappa shape index (κ1) is 13.7. The van der Waals surface area contributed by atoms with Gasteiger partial charge in [-0.2, -0.15) is 5.10 Å². The fraction of sp³-hybridized carbons (Fsp3) is 0.692. The molecule has 2 heterocycles. The number of piperidine rings is 1. The third-order valence-corrected chi connectivity index (χ3v) is 3.01. The summed E-state index contributed by atoms with van der Waals surface area (Å²) in [5.41, 5.74) is -0.428. The van der Waals surface area contributed by atoms with Crippen LogP contribution in [0.3, 0.4) is 0 Å². The number of ether oxygens (including phenoxy) is 1. The van der Waals surface area contributed by atoms with Crippen LogP contribution in [0.1, 0.15) is 33.6 Å². The molecule has 0 unspecified atom stereocenters. The van der Waals surface area contributed by atoms with E-state index in [1.54, 1.807) is 11.1 Å². The average molecular weight is 266 g/mol. The van der Waals surface area contributed by atoms with Crippen molar-refractivity contribution in [2.75, 3.05) is 18.4 Å². The van der Waals surface area contributed by atoms with Crippen molar-refractivity contribution in [2.45, 2.75) is 45.3 Å². The number of aromatic nitrogens is 2. The monoisotopic (exact) mass is 266 g/mol. The van der Waals surface area contributed by atoms with Crippen molar-refractivity contribution in [1.29, 1.82) is 0 Å². The number of hydrogen-bond acceptors (Lipinski definition) is 4. The molecule has 1 fully saturated rings. The third-order valence-electron chi connectivity index (χ3n) is 3.01. The summed E-state index contributed by atoms with van der Waals surface area (Å²) in [6.45, 7) is 7.10. The quantitative estimate of drug-likeness (QED) is 0.861. The number of carbonyl (C=O) groups is 1. The van der Waals surface area contributed by atoms with Gasteiger partial charge in [-0.15, -0.1) is 0 Å². The van der Waals surface area contributed by atoms with Crippen molar-refractivity contribution in [3.05, 3.63) is 12.3 Å². The molecular weight excluding hydrogens is 244 g/mol. The molecule has 1 aromatic rings. The van der Waals surface area contributed by atoms with Crippen LogP contribution in [0.25, 0.3) is 0 Å². The number of anilines is 1. The Morgan fingerprint density at radius 2 is 2.16 bits per heavy atom. The number of H-pyrrole nitrogens is 1. The molecule has 106 valence electrons. The van der Waals surface area contributed by atoms with E-state index in [0.29, 0.717) is 6.04 Å². The first-order valence-electron chi connectivity index (χ1n) is 6.68.